The number of aromatic amines is 1. The number of carbonyl (C=O) groups excluding carboxylic acids is 1. The predicted molar refractivity (Wildman–Crippen MR) is 87.5 cm³/mol. The number of H-pyrrole nitrogens is 1. The molecule has 7 heteroatoms. The fourth-order valence-electron chi connectivity index (χ4n) is 2.64. The van der Waals surface area contributed by atoms with Gasteiger partial charge < -0.3 is 14.6 Å². The van der Waals surface area contributed by atoms with E-state index in [9.17, 15) is 9.59 Å². The van der Waals surface area contributed by atoms with Gasteiger partial charge in [0, 0.05) is 29.6 Å². The molecule has 0 bridgehead atoms. The Hall–Kier alpha value is -1.99. The van der Waals surface area contributed by atoms with Crippen molar-refractivity contribution in [3.63, 3.8) is 0 Å². The van der Waals surface area contributed by atoms with Crippen LogP contribution < -0.4 is 5.56 Å². The summed E-state index contributed by atoms with van der Waals surface area (Å²) in [6.45, 7) is 3.23. The molecular weight excluding hydrogens is 314 g/mol. The maximum Gasteiger partial charge on any atom is 0.251 e. The Labute approximate surface area is 138 Å². The zero-order chi connectivity index (χ0) is 16.2. The van der Waals surface area contributed by atoms with E-state index >= 15 is 0 Å². The van der Waals surface area contributed by atoms with Crippen molar-refractivity contribution >= 4 is 17.2 Å². The molecule has 1 N–H and O–H groups in total. The van der Waals surface area contributed by atoms with Crippen LogP contribution in [0.1, 0.15) is 28.9 Å². The second-order valence-corrected chi connectivity index (χ2v) is 6.58. The number of hydrogen-bond acceptors (Lipinski definition) is 5. The number of thiophene rings is 1. The number of aromatic nitrogens is 2. The van der Waals surface area contributed by atoms with Crippen LogP contribution in [0.4, 0.5) is 0 Å². The van der Waals surface area contributed by atoms with Crippen molar-refractivity contribution in [2.24, 2.45) is 0 Å². The van der Waals surface area contributed by atoms with Gasteiger partial charge in [-0.15, -0.1) is 11.3 Å². The first kappa shape index (κ1) is 15.9. The fraction of sp³-hybridized carbons (Fsp3) is 0.438. The number of nitrogens with zero attached hydrogens (tertiary/aromatic N) is 2. The topological polar surface area (TPSA) is 75.3 Å². The van der Waals surface area contributed by atoms with Crippen LogP contribution >= 0.6 is 11.3 Å². The molecule has 1 unspecified atom stereocenters. The second kappa shape index (κ2) is 7.06. The molecule has 1 fully saturated rings. The summed E-state index contributed by atoms with van der Waals surface area (Å²) in [5, 5.41) is 2.02. The molecule has 1 aliphatic rings. The fourth-order valence-corrected chi connectivity index (χ4v) is 3.35. The van der Waals surface area contributed by atoms with Gasteiger partial charge in [0.05, 0.1) is 13.2 Å². The Morgan fingerprint density at radius 2 is 2.43 bits per heavy atom. The van der Waals surface area contributed by atoms with Gasteiger partial charge >= 0.3 is 0 Å². The van der Waals surface area contributed by atoms with Gasteiger partial charge in [-0.2, -0.15) is 0 Å². The van der Waals surface area contributed by atoms with Crippen LogP contribution in [0.2, 0.25) is 0 Å². The lowest BCUT2D eigenvalue weighted by molar-refractivity contribution is -0.139. The molecule has 3 heterocycles. The average molecular weight is 333 g/mol. The molecule has 6 nitrogen and oxygen atoms in total. The smallest absolute Gasteiger partial charge is 0.251 e. The summed E-state index contributed by atoms with van der Waals surface area (Å²) in [6.07, 6.45) is 0.880. The first-order valence-corrected chi connectivity index (χ1v) is 8.49. The molecule has 3 rings (SSSR count). The first-order chi connectivity index (χ1) is 11.1. The largest absolute Gasteiger partial charge is 0.367 e. The number of amides is 1. The van der Waals surface area contributed by atoms with Gasteiger partial charge in [0.15, 0.2) is 0 Å². The highest BCUT2D eigenvalue weighted by atomic mass is 32.1. The molecule has 1 amide bonds. The third-order valence-electron chi connectivity index (χ3n) is 3.78. The third-order valence-corrected chi connectivity index (χ3v) is 4.71. The SMILES string of the molecule is Cc1cc(=O)[nH]c(C2CN(C(=O)CCc3cccs3)CCO2)n1. The Kier molecular flexibility index (Phi) is 4.88. The highest BCUT2D eigenvalue weighted by Crippen LogP contribution is 2.20. The molecule has 0 aliphatic carbocycles. The van der Waals surface area contributed by atoms with Gasteiger partial charge in [0.25, 0.3) is 5.56 Å². The minimum atomic E-state index is -0.373. The summed E-state index contributed by atoms with van der Waals surface area (Å²) in [7, 11) is 0. The summed E-state index contributed by atoms with van der Waals surface area (Å²) < 4.78 is 5.68. The molecular formula is C16H19N3O3S. The molecule has 0 saturated carbocycles. The van der Waals surface area contributed by atoms with Crippen LogP contribution in [-0.2, 0) is 16.0 Å². The minimum Gasteiger partial charge on any atom is -0.367 e. The molecule has 23 heavy (non-hydrogen) atoms. The number of nitrogens with one attached hydrogen (secondary N) is 1. The van der Waals surface area contributed by atoms with E-state index in [0.29, 0.717) is 37.6 Å². The van der Waals surface area contributed by atoms with Crippen LogP contribution in [-0.4, -0.2) is 40.5 Å². The number of morpholine rings is 1. The zero-order valence-electron chi connectivity index (χ0n) is 12.9. The number of hydrogen-bond donors (Lipinski definition) is 1. The van der Waals surface area contributed by atoms with Crippen molar-refractivity contribution < 1.29 is 9.53 Å². The van der Waals surface area contributed by atoms with Crippen molar-refractivity contribution in [3.8, 4) is 0 Å². The summed E-state index contributed by atoms with van der Waals surface area (Å²) in [5.41, 5.74) is 0.450. The van der Waals surface area contributed by atoms with Crippen molar-refractivity contribution in [1.82, 2.24) is 14.9 Å². The Morgan fingerprint density at radius 3 is 3.17 bits per heavy atom. The Balaban J connectivity index is 1.63. The molecule has 1 aliphatic heterocycles. The zero-order valence-corrected chi connectivity index (χ0v) is 13.8. The van der Waals surface area contributed by atoms with Crippen molar-refractivity contribution in [2.45, 2.75) is 25.9 Å². The van der Waals surface area contributed by atoms with Gasteiger partial charge in [0.2, 0.25) is 5.91 Å². The summed E-state index contributed by atoms with van der Waals surface area (Å²) in [4.78, 5) is 34.0. The molecule has 0 radical (unpaired) electrons. The van der Waals surface area contributed by atoms with Crippen LogP contribution in [0.5, 0.6) is 0 Å². The molecule has 2 aromatic heterocycles. The van der Waals surface area contributed by atoms with Gasteiger partial charge in [-0.05, 0) is 24.8 Å². The molecule has 2 aromatic rings. The number of ether oxygens (including phenoxy) is 1. The van der Waals surface area contributed by atoms with E-state index in [1.54, 1.807) is 23.2 Å². The highest BCUT2D eigenvalue weighted by molar-refractivity contribution is 7.09. The van der Waals surface area contributed by atoms with Gasteiger partial charge in [0.1, 0.15) is 11.9 Å². The molecule has 1 saturated heterocycles. The lowest BCUT2D eigenvalue weighted by Gasteiger charge is -2.32. The molecule has 0 spiro atoms. The Morgan fingerprint density at radius 1 is 1.57 bits per heavy atom. The normalized spacial score (nSPS) is 18.1. The van der Waals surface area contributed by atoms with E-state index in [0.717, 1.165) is 6.42 Å². The lowest BCUT2D eigenvalue weighted by atomic mass is 10.2. The van der Waals surface area contributed by atoms with E-state index in [1.807, 2.05) is 17.5 Å². The molecule has 1 atom stereocenters. The summed E-state index contributed by atoms with van der Waals surface area (Å²) >= 11 is 1.67. The maximum atomic E-state index is 12.4. The summed E-state index contributed by atoms with van der Waals surface area (Å²) in [5.74, 6) is 0.604. The average Bonchev–Trinajstić information content (AvgIpc) is 3.05. The maximum absolute atomic E-state index is 12.4. The van der Waals surface area contributed by atoms with Gasteiger partial charge in [-0.3, -0.25) is 9.59 Å². The van der Waals surface area contributed by atoms with E-state index in [-0.39, 0.29) is 17.6 Å². The number of aryl methyl sites for hydroxylation is 2. The Bertz CT molecular complexity index is 726. The van der Waals surface area contributed by atoms with Crippen LogP contribution in [0, 0.1) is 6.92 Å². The standard InChI is InChI=1S/C16H19N3O3S/c1-11-9-14(20)18-16(17-11)13-10-19(6-7-22-13)15(21)5-4-12-3-2-8-23-12/h2-3,8-9,13H,4-7,10H2,1H3,(H,17,18,20). The van der Waals surface area contributed by atoms with Crippen LogP contribution in [0.15, 0.2) is 28.4 Å². The van der Waals surface area contributed by atoms with Gasteiger partial charge in [-0.25, -0.2) is 4.98 Å². The first-order valence-electron chi connectivity index (χ1n) is 7.61. The van der Waals surface area contributed by atoms with Crippen molar-refractivity contribution in [2.75, 3.05) is 19.7 Å². The molecule has 0 aromatic carbocycles. The second-order valence-electron chi connectivity index (χ2n) is 5.55. The quantitative estimate of drug-likeness (QED) is 0.923. The van der Waals surface area contributed by atoms with E-state index in [2.05, 4.69) is 9.97 Å². The van der Waals surface area contributed by atoms with Gasteiger partial charge in [-0.1, -0.05) is 6.07 Å². The van der Waals surface area contributed by atoms with E-state index < -0.39 is 0 Å². The van der Waals surface area contributed by atoms with Crippen LogP contribution in [0.25, 0.3) is 0 Å². The predicted octanol–water partition coefficient (Wildman–Crippen LogP) is 1.67. The van der Waals surface area contributed by atoms with Crippen molar-refractivity contribution in [1.29, 1.82) is 0 Å². The monoisotopic (exact) mass is 333 g/mol. The highest BCUT2D eigenvalue weighted by Gasteiger charge is 2.26. The minimum absolute atomic E-state index is 0.113. The van der Waals surface area contributed by atoms with Crippen molar-refractivity contribution in [3.05, 3.63) is 50.3 Å². The summed E-state index contributed by atoms with van der Waals surface area (Å²) in [6, 6.07) is 5.48. The van der Waals surface area contributed by atoms with Crippen LogP contribution in [0.3, 0.4) is 0 Å². The van der Waals surface area contributed by atoms with E-state index in [4.69, 9.17) is 4.74 Å². The molecule has 122 valence electrons. The number of rotatable bonds is 4. The lowest BCUT2D eigenvalue weighted by Crippen LogP contribution is -2.43. The van der Waals surface area contributed by atoms with E-state index in [1.165, 1.54) is 10.9 Å². The third kappa shape index (κ3) is 4.05. The number of carbonyl (C=O) groups is 1.